The summed E-state index contributed by atoms with van der Waals surface area (Å²) in [5.74, 6) is 0. The van der Waals surface area contributed by atoms with Gasteiger partial charge in [0, 0.05) is 22.5 Å². The van der Waals surface area contributed by atoms with Gasteiger partial charge in [-0.2, -0.15) is 0 Å². The predicted molar refractivity (Wildman–Crippen MR) is 187 cm³/mol. The lowest BCUT2D eigenvalue weighted by Gasteiger charge is -2.28. The van der Waals surface area contributed by atoms with Crippen LogP contribution in [0.2, 0.25) is 0 Å². The topological polar surface area (TPSA) is 3.24 Å². The van der Waals surface area contributed by atoms with Crippen molar-refractivity contribution in [2.24, 2.45) is 0 Å². The second kappa shape index (κ2) is 10.4. The van der Waals surface area contributed by atoms with Gasteiger partial charge in [0.2, 0.25) is 0 Å². The molecule has 1 heteroatoms. The molecule has 0 unspecified atom stereocenters. The van der Waals surface area contributed by atoms with E-state index in [2.05, 4.69) is 183 Å². The van der Waals surface area contributed by atoms with Crippen molar-refractivity contribution in [1.82, 2.24) is 0 Å². The fraction of sp³-hybridized carbons (Fsp3) is 0.0698. The second-order valence-electron chi connectivity index (χ2n) is 12.2. The van der Waals surface area contributed by atoms with Crippen molar-refractivity contribution in [3.05, 3.63) is 175 Å². The quantitative estimate of drug-likeness (QED) is 0.201. The first-order chi connectivity index (χ1) is 21.6. The molecule has 0 heterocycles. The van der Waals surface area contributed by atoms with E-state index in [0.717, 1.165) is 17.1 Å². The third-order valence-corrected chi connectivity index (χ3v) is 9.21. The number of fused-ring (bicyclic) bond motifs is 5. The number of benzene rings is 7. The molecule has 0 radical (unpaired) electrons. The molecule has 7 aromatic carbocycles. The van der Waals surface area contributed by atoms with Crippen molar-refractivity contribution < 1.29 is 0 Å². The zero-order valence-electron chi connectivity index (χ0n) is 25.0. The molecule has 0 amide bonds. The number of rotatable bonds is 5. The number of para-hydroxylation sites is 1. The van der Waals surface area contributed by atoms with Gasteiger partial charge >= 0.3 is 0 Å². The van der Waals surface area contributed by atoms with Gasteiger partial charge in [-0.25, -0.2) is 0 Å². The van der Waals surface area contributed by atoms with Crippen LogP contribution >= 0.6 is 0 Å². The molecule has 1 nitrogen and oxygen atoms in total. The van der Waals surface area contributed by atoms with Crippen LogP contribution in [0, 0.1) is 0 Å². The van der Waals surface area contributed by atoms with Gasteiger partial charge in [-0.3, -0.25) is 0 Å². The highest BCUT2D eigenvalue weighted by Gasteiger charge is 2.38. The largest absolute Gasteiger partial charge is 0.310 e. The second-order valence-corrected chi connectivity index (χ2v) is 12.2. The number of hydrogen-bond donors (Lipinski definition) is 0. The third-order valence-electron chi connectivity index (χ3n) is 9.21. The smallest absolute Gasteiger partial charge is 0.0467 e. The lowest BCUT2D eigenvalue weighted by atomic mass is 9.79. The molecular formula is C43H33N. The Balaban J connectivity index is 1.32. The molecule has 0 atom stereocenters. The molecule has 0 N–H and O–H groups in total. The molecule has 7 aromatic rings. The van der Waals surface area contributed by atoms with Crippen LogP contribution in [0.4, 0.5) is 17.1 Å². The fourth-order valence-electron chi connectivity index (χ4n) is 7.16. The van der Waals surface area contributed by atoms with Crippen LogP contribution in [0.25, 0.3) is 44.2 Å². The molecule has 0 spiro atoms. The van der Waals surface area contributed by atoms with Crippen LogP contribution in [0.5, 0.6) is 0 Å². The molecule has 0 aliphatic heterocycles. The Bertz CT molecular complexity index is 2130. The molecular weight excluding hydrogens is 530 g/mol. The van der Waals surface area contributed by atoms with E-state index < -0.39 is 0 Å². The molecule has 0 bridgehead atoms. The highest BCUT2D eigenvalue weighted by atomic mass is 15.1. The van der Waals surface area contributed by atoms with Gasteiger partial charge in [-0.1, -0.05) is 135 Å². The zero-order valence-corrected chi connectivity index (χ0v) is 25.0. The highest BCUT2D eigenvalue weighted by Crippen LogP contribution is 2.54. The minimum atomic E-state index is -0.163. The molecule has 0 saturated carbocycles. The van der Waals surface area contributed by atoms with E-state index in [0.29, 0.717) is 0 Å². The van der Waals surface area contributed by atoms with Crippen LogP contribution in [-0.2, 0) is 5.41 Å². The Morgan fingerprint density at radius 2 is 0.955 bits per heavy atom. The van der Waals surface area contributed by atoms with E-state index in [1.807, 2.05) is 0 Å². The minimum absolute atomic E-state index is 0.163. The van der Waals surface area contributed by atoms with Gasteiger partial charge in [-0.15, -0.1) is 0 Å². The van der Waals surface area contributed by atoms with Crippen molar-refractivity contribution in [3.63, 3.8) is 0 Å². The summed E-state index contributed by atoms with van der Waals surface area (Å²) in [6.07, 6.45) is 0. The Morgan fingerprint density at radius 3 is 1.68 bits per heavy atom. The van der Waals surface area contributed by atoms with Crippen molar-refractivity contribution in [1.29, 1.82) is 0 Å². The van der Waals surface area contributed by atoms with E-state index >= 15 is 0 Å². The summed E-state index contributed by atoms with van der Waals surface area (Å²) in [4.78, 5) is 2.39. The van der Waals surface area contributed by atoms with E-state index in [1.165, 1.54) is 55.3 Å². The van der Waals surface area contributed by atoms with Gasteiger partial charge in [-0.05, 0) is 97.7 Å². The molecule has 0 saturated heterocycles. The molecule has 1 aliphatic rings. The summed E-state index contributed by atoms with van der Waals surface area (Å²) in [5, 5.41) is 2.64. The molecule has 1 aliphatic carbocycles. The Labute approximate surface area is 259 Å². The van der Waals surface area contributed by atoms with Crippen molar-refractivity contribution in [2.45, 2.75) is 19.3 Å². The Morgan fingerprint density at radius 1 is 0.386 bits per heavy atom. The molecule has 0 fully saturated rings. The van der Waals surface area contributed by atoms with Gasteiger partial charge in [0.05, 0.1) is 0 Å². The molecule has 8 rings (SSSR count). The van der Waals surface area contributed by atoms with Crippen LogP contribution < -0.4 is 4.90 Å². The van der Waals surface area contributed by atoms with Crippen molar-refractivity contribution in [3.8, 4) is 33.4 Å². The third kappa shape index (κ3) is 4.24. The number of hydrogen-bond acceptors (Lipinski definition) is 1. The first-order valence-corrected chi connectivity index (χ1v) is 15.4. The van der Waals surface area contributed by atoms with E-state index in [-0.39, 0.29) is 5.41 Å². The minimum Gasteiger partial charge on any atom is -0.310 e. The maximum atomic E-state index is 2.43. The van der Waals surface area contributed by atoms with Gasteiger partial charge in [0.1, 0.15) is 0 Å². The monoisotopic (exact) mass is 563 g/mol. The first-order valence-electron chi connectivity index (χ1n) is 15.4. The van der Waals surface area contributed by atoms with Gasteiger partial charge in [0.15, 0.2) is 0 Å². The maximum absolute atomic E-state index is 2.43. The lowest BCUT2D eigenvalue weighted by molar-refractivity contribution is 0.666. The molecule has 0 aromatic heterocycles. The van der Waals surface area contributed by atoms with Gasteiger partial charge < -0.3 is 4.90 Å². The predicted octanol–water partition coefficient (Wildman–Crippen LogP) is 11.9. The zero-order chi connectivity index (χ0) is 29.7. The van der Waals surface area contributed by atoms with E-state index in [9.17, 15) is 0 Å². The summed E-state index contributed by atoms with van der Waals surface area (Å²) in [6.45, 7) is 4.78. The average Bonchev–Trinajstić information content (AvgIpc) is 3.31. The van der Waals surface area contributed by atoms with E-state index in [4.69, 9.17) is 0 Å². The first kappa shape index (κ1) is 26.2. The van der Waals surface area contributed by atoms with Crippen LogP contribution in [0.1, 0.15) is 25.0 Å². The average molecular weight is 564 g/mol. The lowest BCUT2D eigenvalue weighted by Crippen LogP contribution is -2.17. The SMILES string of the molecule is CC1(C)c2cc(N(c3ccccc3)c3cccc(-c4ccccc4)c3)ccc2-c2cc(-c3ccccc3)c3ccccc3c21. The van der Waals surface area contributed by atoms with Gasteiger partial charge in [0.25, 0.3) is 0 Å². The summed E-state index contributed by atoms with van der Waals surface area (Å²) >= 11 is 0. The summed E-state index contributed by atoms with van der Waals surface area (Å²) in [7, 11) is 0. The number of nitrogens with zero attached hydrogens (tertiary/aromatic N) is 1. The molecule has 210 valence electrons. The van der Waals surface area contributed by atoms with Crippen LogP contribution in [0.3, 0.4) is 0 Å². The normalized spacial score (nSPS) is 13.0. The van der Waals surface area contributed by atoms with Crippen LogP contribution in [0.15, 0.2) is 164 Å². The fourth-order valence-corrected chi connectivity index (χ4v) is 7.16. The number of anilines is 3. The summed E-state index contributed by atoms with van der Waals surface area (Å²) < 4.78 is 0. The standard InChI is InChI=1S/C43H33N/c1-43(2)41-28-35(44(33-20-10-5-11-21-33)34-22-14-19-32(27-34)30-15-6-3-7-16-30)25-26-37(41)40-29-39(31-17-8-4-9-18-31)36-23-12-13-24-38(36)42(40)43/h3-29H,1-2H3. The van der Waals surface area contributed by atoms with Crippen molar-refractivity contribution >= 4 is 27.8 Å². The van der Waals surface area contributed by atoms with Crippen LogP contribution in [-0.4, -0.2) is 0 Å². The Kier molecular flexibility index (Phi) is 6.20. The highest BCUT2D eigenvalue weighted by molar-refractivity contribution is 6.06. The van der Waals surface area contributed by atoms with E-state index in [1.54, 1.807) is 0 Å². The maximum Gasteiger partial charge on any atom is 0.0467 e. The summed E-state index contributed by atoms with van der Waals surface area (Å²) in [5.41, 5.74) is 13.7. The summed E-state index contributed by atoms with van der Waals surface area (Å²) in [6, 6.07) is 59.4. The molecule has 44 heavy (non-hydrogen) atoms. The van der Waals surface area contributed by atoms with Crippen molar-refractivity contribution in [2.75, 3.05) is 4.90 Å². The Hall–Kier alpha value is -5.40.